The second kappa shape index (κ2) is 7.99. The van der Waals surface area contributed by atoms with Gasteiger partial charge in [-0.15, -0.1) is 0 Å². The van der Waals surface area contributed by atoms with Gasteiger partial charge in [-0.25, -0.2) is 4.79 Å². The number of halogens is 3. The van der Waals surface area contributed by atoms with Gasteiger partial charge in [-0.2, -0.15) is 13.2 Å². The zero-order valence-corrected chi connectivity index (χ0v) is 13.2. The van der Waals surface area contributed by atoms with Gasteiger partial charge >= 0.3 is 12.1 Å². The molecule has 0 aromatic heterocycles. The second-order valence-corrected chi connectivity index (χ2v) is 5.53. The summed E-state index contributed by atoms with van der Waals surface area (Å²) in [4.78, 5) is 23.7. The number of carbonyl (C=O) groups excluding carboxylic acids is 2. The van der Waals surface area contributed by atoms with Crippen molar-refractivity contribution in [1.29, 1.82) is 0 Å². The van der Waals surface area contributed by atoms with Gasteiger partial charge in [0.05, 0.1) is 7.11 Å². The SMILES string of the molecule is COC(=O)[C@H](NC(=O)c1ccc(CCC(F)(F)F)cc1)C(C)C. The summed E-state index contributed by atoms with van der Waals surface area (Å²) in [6.45, 7) is 3.53. The number of rotatable bonds is 6. The monoisotopic (exact) mass is 331 g/mol. The van der Waals surface area contributed by atoms with Crippen LogP contribution in [-0.2, 0) is 16.0 Å². The number of ether oxygens (including phenoxy) is 1. The van der Waals surface area contributed by atoms with E-state index in [0.29, 0.717) is 5.56 Å². The van der Waals surface area contributed by atoms with Gasteiger partial charge in [0.15, 0.2) is 0 Å². The van der Waals surface area contributed by atoms with E-state index in [-0.39, 0.29) is 17.9 Å². The maximum absolute atomic E-state index is 12.2. The van der Waals surface area contributed by atoms with Crippen LogP contribution < -0.4 is 5.32 Å². The molecule has 1 amide bonds. The molecular weight excluding hydrogens is 311 g/mol. The number of nitrogens with one attached hydrogen (secondary N) is 1. The molecule has 1 aromatic rings. The largest absolute Gasteiger partial charge is 0.467 e. The molecule has 0 radical (unpaired) electrons. The number of esters is 1. The lowest BCUT2D eigenvalue weighted by Gasteiger charge is -2.19. The molecule has 23 heavy (non-hydrogen) atoms. The summed E-state index contributed by atoms with van der Waals surface area (Å²) in [6, 6.07) is 5.05. The number of carbonyl (C=O) groups is 2. The minimum atomic E-state index is -4.21. The van der Waals surface area contributed by atoms with Crippen molar-refractivity contribution in [3.8, 4) is 0 Å². The summed E-state index contributed by atoms with van der Waals surface area (Å²) in [7, 11) is 1.24. The lowest BCUT2D eigenvalue weighted by Crippen LogP contribution is -2.45. The average Bonchev–Trinajstić information content (AvgIpc) is 2.49. The molecule has 0 fully saturated rings. The molecule has 0 spiro atoms. The molecule has 0 aliphatic rings. The van der Waals surface area contributed by atoms with Gasteiger partial charge in [0.2, 0.25) is 0 Å². The van der Waals surface area contributed by atoms with E-state index in [1.54, 1.807) is 13.8 Å². The van der Waals surface area contributed by atoms with E-state index in [4.69, 9.17) is 0 Å². The Morgan fingerprint density at radius 2 is 1.74 bits per heavy atom. The van der Waals surface area contributed by atoms with Gasteiger partial charge < -0.3 is 10.1 Å². The Morgan fingerprint density at radius 3 is 2.17 bits per heavy atom. The normalized spacial score (nSPS) is 12.8. The lowest BCUT2D eigenvalue weighted by molar-refractivity contribution is -0.144. The Hall–Kier alpha value is -2.05. The van der Waals surface area contributed by atoms with Crippen LogP contribution in [0.15, 0.2) is 24.3 Å². The van der Waals surface area contributed by atoms with Crippen molar-refractivity contribution in [3.63, 3.8) is 0 Å². The zero-order chi connectivity index (χ0) is 17.6. The summed E-state index contributed by atoms with van der Waals surface area (Å²) in [6.07, 6.45) is -5.25. The molecule has 128 valence electrons. The minimum absolute atomic E-state index is 0.137. The van der Waals surface area contributed by atoms with Crippen molar-refractivity contribution >= 4 is 11.9 Å². The van der Waals surface area contributed by atoms with E-state index in [9.17, 15) is 22.8 Å². The van der Waals surface area contributed by atoms with Crippen LogP contribution in [0.25, 0.3) is 0 Å². The smallest absolute Gasteiger partial charge is 0.389 e. The third kappa shape index (κ3) is 6.30. The van der Waals surface area contributed by atoms with Gasteiger partial charge in [-0.05, 0) is 30.0 Å². The van der Waals surface area contributed by atoms with Crippen molar-refractivity contribution < 1.29 is 27.5 Å². The van der Waals surface area contributed by atoms with E-state index in [0.717, 1.165) is 0 Å². The molecule has 1 aromatic carbocycles. The van der Waals surface area contributed by atoms with Crippen molar-refractivity contribution in [3.05, 3.63) is 35.4 Å². The zero-order valence-electron chi connectivity index (χ0n) is 13.2. The quantitative estimate of drug-likeness (QED) is 0.815. The Labute approximate surface area is 133 Å². The Bertz CT molecular complexity index is 538. The number of aryl methyl sites for hydroxylation is 1. The third-order valence-corrected chi connectivity index (χ3v) is 3.32. The van der Waals surface area contributed by atoms with Gasteiger partial charge in [0.25, 0.3) is 5.91 Å². The first-order valence-corrected chi connectivity index (χ1v) is 7.18. The third-order valence-electron chi connectivity index (χ3n) is 3.32. The summed E-state index contributed by atoms with van der Waals surface area (Å²) >= 11 is 0. The molecule has 0 saturated heterocycles. The molecule has 7 heteroatoms. The van der Waals surface area contributed by atoms with E-state index in [1.165, 1.54) is 31.4 Å². The number of benzene rings is 1. The Morgan fingerprint density at radius 1 is 1.17 bits per heavy atom. The van der Waals surface area contributed by atoms with Crippen molar-refractivity contribution in [1.82, 2.24) is 5.32 Å². The lowest BCUT2D eigenvalue weighted by atomic mass is 10.0. The molecule has 0 saturated carbocycles. The van der Waals surface area contributed by atoms with E-state index in [1.807, 2.05) is 0 Å². The van der Waals surface area contributed by atoms with Crippen LogP contribution in [0.4, 0.5) is 13.2 Å². The molecule has 0 bridgehead atoms. The summed E-state index contributed by atoms with van der Waals surface area (Å²) < 4.78 is 41.1. The number of amides is 1. The Kier molecular flexibility index (Phi) is 6.60. The first kappa shape index (κ1) is 19.0. The first-order valence-electron chi connectivity index (χ1n) is 7.18. The molecule has 0 unspecified atom stereocenters. The molecule has 1 atom stereocenters. The van der Waals surface area contributed by atoms with Crippen LogP contribution in [0.5, 0.6) is 0 Å². The molecule has 0 aliphatic carbocycles. The topological polar surface area (TPSA) is 55.4 Å². The van der Waals surface area contributed by atoms with Crippen LogP contribution in [0.3, 0.4) is 0 Å². The van der Waals surface area contributed by atoms with Gasteiger partial charge in [-0.3, -0.25) is 4.79 Å². The molecular formula is C16H20F3NO3. The maximum atomic E-state index is 12.2. The standard InChI is InChI=1S/C16H20F3NO3/c1-10(2)13(15(22)23-3)20-14(21)12-6-4-11(5-7-12)8-9-16(17,18)19/h4-7,10,13H,8-9H2,1-3H3,(H,20,21)/t13-/m1/s1. The maximum Gasteiger partial charge on any atom is 0.389 e. The molecule has 0 aliphatic heterocycles. The average molecular weight is 331 g/mol. The fraction of sp³-hybridized carbons (Fsp3) is 0.500. The molecule has 0 heterocycles. The summed E-state index contributed by atoms with van der Waals surface area (Å²) in [5.41, 5.74) is 0.766. The highest BCUT2D eigenvalue weighted by atomic mass is 19.4. The number of hydrogen-bond donors (Lipinski definition) is 1. The predicted octanol–water partition coefficient (Wildman–Crippen LogP) is 3.11. The van der Waals surface area contributed by atoms with Crippen molar-refractivity contribution in [2.45, 2.75) is 38.9 Å². The van der Waals surface area contributed by atoms with Crippen LogP contribution in [0.1, 0.15) is 36.2 Å². The highest BCUT2D eigenvalue weighted by Crippen LogP contribution is 2.22. The summed E-state index contributed by atoms with van der Waals surface area (Å²) in [5, 5.41) is 2.57. The Balaban J connectivity index is 2.71. The summed E-state index contributed by atoms with van der Waals surface area (Å²) in [5.74, 6) is -1.18. The molecule has 4 nitrogen and oxygen atoms in total. The van der Waals surface area contributed by atoms with Crippen LogP contribution >= 0.6 is 0 Å². The van der Waals surface area contributed by atoms with Crippen molar-refractivity contribution in [2.75, 3.05) is 7.11 Å². The number of methoxy groups -OCH3 is 1. The second-order valence-electron chi connectivity index (χ2n) is 5.53. The fourth-order valence-electron chi connectivity index (χ4n) is 1.96. The van der Waals surface area contributed by atoms with E-state index < -0.39 is 30.5 Å². The van der Waals surface area contributed by atoms with Crippen LogP contribution in [0.2, 0.25) is 0 Å². The number of alkyl halides is 3. The van der Waals surface area contributed by atoms with Crippen molar-refractivity contribution in [2.24, 2.45) is 5.92 Å². The predicted molar refractivity (Wildman–Crippen MR) is 78.9 cm³/mol. The minimum Gasteiger partial charge on any atom is -0.467 e. The molecule has 1 N–H and O–H groups in total. The molecule has 1 rings (SSSR count). The van der Waals surface area contributed by atoms with Gasteiger partial charge in [0, 0.05) is 12.0 Å². The highest BCUT2D eigenvalue weighted by molar-refractivity contribution is 5.96. The van der Waals surface area contributed by atoms with Gasteiger partial charge in [-0.1, -0.05) is 26.0 Å². The van der Waals surface area contributed by atoms with Crippen LogP contribution in [-0.4, -0.2) is 31.2 Å². The van der Waals surface area contributed by atoms with Crippen LogP contribution in [0, 0.1) is 5.92 Å². The highest BCUT2D eigenvalue weighted by Gasteiger charge is 2.27. The van der Waals surface area contributed by atoms with E-state index in [2.05, 4.69) is 10.1 Å². The number of hydrogen-bond acceptors (Lipinski definition) is 3. The first-order chi connectivity index (χ1) is 10.6. The fourth-order valence-corrected chi connectivity index (χ4v) is 1.96. The van der Waals surface area contributed by atoms with Gasteiger partial charge in [0.1, 0.15) is 6.04 Å². The van der Waals surface area contributed by atoms with E-state index >= 15 is 0 Å².